The Labute approximate surface area is 112 Å². The summed E-state index contributed by atoms with van der Waals surface area (Å²) in [6.45, 7) is 6.62. The van der Waals surface area contributed by atoms with Gasteiger partial charge in [0.25, 0.3) is 0 Å². The smallest absolute Gasteiger partial charge is 0.158 e. The van der Waals surface area contributed by atoms with Gasteiger partial charge in [-0.15, -0.1) is 6.58 Å². The fraction of sp³-hybridized carbons (Fsp3) is 0.688. The quantitative estimate of drug-likeness (QED) is 0.357. The van der Waals surface area contributed by atoms with E-state index in [4.69, 9.17) is 4.74 Å². The monoisotopic (exact) mass is 252 g/mol. The Morgan fingerprint density at radius 1 is 1.11 bits per heavy atom. The van der Waals surface area contributed by atoms with E-state index in [0.717, 1.165) is 25.7 Å². The van der Waals surface area contributed by atoms with Gasteiger partial charge in [-0.05, 0) is 32.6 Å². The van der Waals surface area contributed by atoms with Crippen molar-refractivity contribution >= 4 is 5.78 Å². The van der Waals surface area contributed by atoms with Crippen LogP contribution in [-0.4, -0.2) is 19.0 Å². The maximum absolute atomic E-state index is 11.5. The molecule has 0 saturated heterocycles. The van der Waals surface area contributed by atoms with Crippen LogP contribution < -0.4 is 0 Å². The summed E-state index contributed by atoms with van der Waals surface area (Å²) < 4.78 is 5.30. The van der Waals surface area contributed by atoms with E-state index >= 15 is 0 Å². The number of unbranched alkanes of at least 4 members (excludes halogenated alkanes) is 5. The summed E-state index contributed by atoms with van der Waals surface area (Å²) in [6, 6.07) is 0. The number of allylic oxidation sites excluding steroid dienone is 2. The molecule has 0 aromatic rings. The highest BCUT2D eigenvalue weighted by Gasteiger charge is 2.01. The molecule has 0 fully saturated rings. The van der Waals surface area contributed by atoms with Crippen molar-refractivity contribution in [2.75, 3.05) is 13.2 Å². The number of hydrogen-bond acceptors (Lipinski definition) is 2. The first kappa shape index (κ1) is 17.1. The number of ether oxygens (including phenoxy) is 1. The van der Waals surface area contributed by atoms with E-state index in [0.29, 0.717) is 13.0 Å². The number of Topliss-reactive ketones (excluding diaryl/α,β-unsaturated/α-hetero) is 1. The summed E-state index contributed by atoms with van der Waals surface area (Å²) in [6.07, 6.45) is 14.6. The molecular weight excluding hydrogens is 224 g/mol. The molecule has 18 heavy (non-hydrogen) atoms. The molecule has 0 saturated carbocycles. The molecule has 0 aromatic heterocycles. The Bertz CT molecular complexity index is 231. The van der Waals surface area contributed by atoms with E-state index < -0.39 is 0 Å². The minimum atomic E-state index is 0.238. The maximum Gasteiger partial charge on any atom is 0.158 e. The molecule has 0 bridgehead atoms. The van der Waals surface area contributed by atoms with E-state index in [2.05, 4.69) is 6.58 Å². The zero-order valence-corrected chi connectivity index (χ0v) is 11.8. The number of rotatable bonds is 13. The zero-order valence-electron chi connectivity index (χ0n) is 11.8. The Balaban J connectivity index is 3.19. The van der Waals surface area contributed by atoms with Crippen LogP contribution in [0.3, 0.4) is 0 Å². The largest absolute Gasteiger partial charge is 0.373 e. The highest BCUT2D eigenvalue weighted by Crippen LogP contribution is 2.07. The van der Waals surface area contributed by atoms with Gasteiger partial charge in [0.05, 0.1) is 6.61 Å². The molecule has 2 nitrogen and oxygen atoms in total. The maximum atomic E-state index is 11.5. The van der Waals surface area contributed by atoms with Gasteiger partial charge in [0.1, 0.15) is 6.61 Å². The van der Waals surface area contributed by atoms with Crippen LogP contribution in [0.15, 0.2) is 24.8 Å². The molecule has 104 valence electrons. The molecule has 0 aliphatic heterocycles. The predicted molar refractivity (Wildman–Crippen MR) is 77.8 cm³/mol. The highest BCUT2D eigenvalue weighted by atomic mass is 16.5. The molecule has 0 aliphatic rings. The molecule has 0 spiro atoms. The van der Waals surface area contributed by atoms with Gasteiger partial charge in [0.15, 0.2) is 5.78 Å². The van der Waals surface area contributed by atoms with Crippen molar-refractivity contribution in [1.29, 1.82) is 0 Å². The molecule has 0 radical (unpaired) electrons. The van der Waals surface area contributed by atoms with Crippen LogP contribution in [0.4, 0.5) is 0 Å². The summed E-state index contributed by atoms with van der Waals surface area (Å²) in [5, 5.41) is 0. The van der Waals surface area contributed by atoms with E-state index in [9.17, 15) is 4.79 Å². The van der Waals surface area contributed by atoms with Crippen LogP contribution in [0.5, 0.6) is 0 Å². The minimum absolute atomic E-state index is 0.238. The number of ketones is 1. The molecule has 0 amide bonds. The second-order valence-electron chi connectivity index (χ2n) is 4.54. The van der Waals surface area contributed by atoms with Gasteiger partial charge in [-0.3, -0.25) is 4.79 Å². The minimum Gasteiger partial charge on any atom is -0.373 e. The lowest BCUT2D eigenvalue weighted by atomic mass is 10.1. The Morgan fingerprint density at radius 3 is 2.56 bits per heavy atom. The standard InChI is InChI=1S/C16H28O2/c1-3-5-7-8-9-10-11-13-16(17)15-18-14-12-6-4-2/h3-4,6H,1,5,7-15H2,2H3/b6-4-. The van der Waals surface area contributed by atoms with Crippen LogP contribution in [0.2, 0.25) is 0 Å². The van der Waals surface area contributed by atoms with Gasteiger partial charge in [0.2, 0.25) is 0 Å². The molecular formula is C16H28O2. The van der Waals surface area contributed by atoms with Crippen molar-refractivity contribution in [3.63, 3.8) is 0 Å². The SMILES string of the molecule is C=CCCCCCCCC(=O)COCC/C=C\C. The normalized spacial score (nSPS) is 10.9. The van der Waals surface area contributed by atoms with Crippen LogP contribution in [0, 0.1) is 0 Å². The zero-order chi connectivity index (χ0) is 13.5. The summed E-state index contributed by atoms with van der Waals surface area (Å²) >= 11 is 0. The van der Waals surface area contributed by atoms with Gasteiger partial charge in [-0.2, -0.15) is 0 Å². The van der Waals surface area contributed by atoms with Gasteiger partial charge in [-0.1, -0.05) is 37.5 Å². The number of carbonyl (C=O) groups is 1. The van der Waals surface area contributed by atoms with Crippen molar-refractivity contribution < 1.29 is 9.53 Å². The van der Waals surface area contributed by atoms with Crippen molar-refractivity contribution in [3.05, 3.63) is 24.8 Å². The third-order valence-electron chi connectivity index (χ3n) is 2.79. The molecule has 0 rings (SSSR count). The summed E-state index contributed by atoms with van der Waals surface area (Å²) in [5.41, 5.74) is 0. The average molecular weight is 252 g/mol. The fourth-order valence-electron chi connectivity index (χ4n) is 1.72. The Morgan fingerprint density at radius 2 is 1.83 bits per heavy atom. The van der Waals surface area contributed by atoms with E-state index in [1.165, 1.54) is 19.3 Å². The molecule has 0 N–H and O–H groups in total. The second kappa shape index (κ2) is 14.2. The van der Waals surface area contributed by atoms with Crippen LogP contribution >= 0.6 is 0 Å². The predicted octanol–water partition coefficient (Wildman–Crippen LogP) is 4.46. The van der Waals surface area contributed by atoms with E-state index in [1.807, 2.05) is 25.2 Å². The topological polar surface area (TPSA) is 26.3 Å². The molecule has 0 atom stereocenters. The highest BCUT2D eigenvalue weighted by molar-refractivity contribution is 5.79. The first-order chi connectivity index (χ1) is 8.81. The van der Waals surface area contributed by atoms with Crippen molar-refractivity contribution in [2.24, 2.45) is 0 Å². The van der Waals surface area contributed by atoms with Crippen LogP contribution in [-0.2, 0) is 9.53 Å². The molecule has 0 heterocycles. The van der Waals surface area contributed by atoms with Gasteiger partial charge < -0.3 is 4.74 Å². The number of hydrogen-bond donors (Lipinski definition) is 0. The van der Waals surface area contributed by atoms with E-state index in [-0.39, 0.29) is 12.4 Å². The number of carbonyl (C=O) groups excluding carboxylic acids is 1. The van der Waals surface area contributed by atoms with Crippen LogP contribution in [0.1, 0.15) is 58.3 Å². The lowest BCUT2D eigenvalue weighted by Crippen LogP contribution is -2.08. The van der Waals surface area contributed by atoms with Gasteiger partial charge in [-0.25, -0.2) is 0 Å². The fourth-order valence-corrected chi connectivity index (χ4v) is 1.72. The Kier molecular flexibility index (Phi) is 13.5. The van der Waals surface area contributed by atoms with E-state index in [1.54, 1.807) is 0 Å². The Hall–Kier alpha value is -0.890. The molecule has 0 aliphatic carbocycles. The van der Waals surface area contributed by atoms with Crippen molar-refractivity contribution in [1.82, 2.24) is 0 Å². The third-order valence-corrected chi connectivity index (χ3v) is 2.79. The molecule has 0 aromatic carbocycles. The average Bonchev–Trinajstić information content (AvgIpc) is 2.37. The summed E-state index contributed by atoms with van der Waals surface area (Å²) in [4.78, 5) is 11.5. The second-order valence-corrected chi connectivity index (χ2v) is 4.54. The van der Waals surface area contributed by atoms with Crippen molar-refractivity contribution in [3.8, 4) is 0 Å². The summed E-state index contributed by atoms with van der Waals surface area (Å²) in [5.74, 6) is 0.238. The lowest BCUT2D eigenvalue weighted by molar-refractivity contribution is -0.123. The first-order valence-corrected chi connectivity index (χ1v) is 7.12. The molecule has 0 unspecified atom stereocenters. The van der Waals surface area contributed by atoms with Crippen LogP contribution in [0.25, 0.3) is 0 Å². The first-order valence-electron chi connectivity index (χ1n) is 7.12. The molecule has 2 heteroatoms. The third kappa shape index (κ3) is 13.2. The van der Waals surface area contributed by atoms with Gasteiger partial charge >= 0.3 is 0 Å². The lowest BCUT2D eigenvalue weighted by Gasteiger charge is -2.02. The summed E-state index contributed by atoms with van der Waals surface area (Å²) in [7, 11) is 0. The van der Waals surface area contributed by atoms with Gasteiger partial charge in [0, 0.05) is 6.42 Å². The van der Waals surface area contributed by atoms with Crippen molar-refractivity contribution in [2.45, 2.75) is 58.3 Å².